The topological polar surface area (TPSA) is 13.1 Å². The highest BCUT2D eigenvalue weighted by Crippen LogP contribution is 2.23. The molecular formula is C14H15BrO. The van der Waals surface area contributed by atoms with Crippen molar-refractivity contribution in [3.05, 3.63) is 59.5 Å². The van der Waals surface area contributed by atoms with Crippen LogP contribution in [0.5, 0.6) is 0 Å². The van der Waals surface area contributed by atoms with E-state index in [2.05, 4.69) is 47.1 Å². The summed E-state index contributed by atoms with van der Waals surface area (Å²) in [6.45, 7) is 2.11. The fourth-order valence-electron chi connectivity index (χ4n) is 1.77. The van der Waals surface area contributed by atoms with Crippen LogP contribution in [0.2, 0.25) is 0 Å². The van der Waals surface area contributed by atoms with Crippen molar-refractivity contribution in [1.29, 1.82) is 0 Å². The smallest absolute Gasteiger partial charge is 0.104 e. The second-order valence-corrected chi connectivity index (χ2v) is 4.69. The lowest BCUT2D eigenvalue weighted by Crippen LogP contribution is -2.03. The Bertz CT molecular complexity index is 417. The highest BCUT2D eigenvalue weighted by molar-refractivity contribution is 9.09. The van der Waals surface area contributed by atoms with Gasteiger partial charge in [-0.15, -0.1) is 0 Å². The maximum Gasteiger partial charge on any atom is 0.104 e. The van der Waals surface area contributed by atoms with Crippen LogP contribution in [-0.4, -0.2) is 5.33 Å². The number of halogens is 1. The van der Waals surface area contributed by atoms with Crippen LogP contribution < -0.4 is 0 Å². The minimum absolute atomic E-state index is 0.478. The van der Waals surface area contributed by atoms with E-state index >= 15 is 0 Å². The lowest BCUT2D eigenvalue weighted by atomic mass is 9.96. The Balaban J connectivity index is 2.13. The Labute approximate surface area is 105 Å². The van der Waals surface area contributed by atoms with Crippen molar-refractivity contribution in [2.24, 2.45) is 0 Å². The molecule has 2 aromatic rings. The van der Waals surface area contributed by atoms with E-state index in [0.29, 0.717) is 5.92 Å². The maximum atomic E-state index is 5.39. The third-order valence-electron chi connectivity index (χ3n) is 2.76. The number of hydrogen-bond acceptors (Lipinski definition) is 1. The van der Waals surface area contributed by atoms with Crippen LogP contribution in [0.3, 0.4) is 0 Å². The van der Waals surface area contributed by atoms with Crippen molar-refractivity contribution in [3.8, 4) is 0 Å². The van der Waals surface area contributed by atoms with Gasteiger partial charge in [0.2, 0.25) is 0 Å². The summed E-state index contributed by atoms with van der Waals surface area (Å²) in [5, 5.41) is 0.955. The molecule has 1 heterocycles. The molecule has 1 aromatic heterocycles. The Morgan fingerprint density at radius 2 is 1.94 bits per heavy atom. The summed E-state index contributed by atoms with van der Waals surface area (Å²) < 4.78 is 5.39. The Hall–Kier alpha value is -1.02. The summed E-state index contributed by atoms with van der Waals surface area (Å²) in [6.07, 6.45) is 2.68. The second kappa shape index (κ2) is 5.35. The van der Waals surface area contributed by atoms with E-state index in [1.165, 1.54) is 11.1 Å². The largest absolute Gasteiger partial charge is 0.469 e. The quantitative estimate of drug-likeness (QED) is 0.760. The molecule has 2 heteroatoms. The zero-order valence-electron chi connectivity index (χ0n) is 9.32. The summed E-state index contributed by atoms with van der Waals surface area (Å²) in [5.41, 5.74) is 2.66. The van der Waals surface area contributed by atoms with Gasteiger partial charge in [-0.25, -0.2) is 0 Å². The zero-order valence-corrected chi connectivity index (χ0v) is 10.9. The third-order valence-corrected chi connectivity index (χ3v) is 3.54. The number of rotatable bonds is 4. The highest BCUT2D eigenvalue weighted by atomic mass is 79.9. The molecule has 0 N–H and O–H groups in total. The van der Waals surface area contributed by atoms with Crippen LogP contribution in [0.15, 0.2) is 47.1 Å². The Morgan fingerprint density at radius 3 is 2.50 bits per heavy atom. The van der Waals surface area contributed by atoms with Gasteiger partial charge in [0.25, 0.3) is 0 Å². The second-order valence-electron chi connectivity index (χ2n) is 4.05. The molecule has 0 saturated heterocycles. The van der Waals surface area contributed by atoms with Crippen molar-refractivity contribution in [3.63, 3.8) is 0 Å². The van der Waals surface area contributed by atoms with E-state index in [4.69, 9.17) is 4.42 Å². The number of hydrogen-bond donors (Lipinski definition) is 0. The van der Waals surface area contributed by atoms with E-state index in [1.54, 1.807) is 6.26 Å². The average molecular weight is 279 g/mol. The Morgan fingerprint density at radius 1 is 1.19 bits per heavy atom. The van der Waals surface area contributed by atoms with Gasteiger partial charge >= 0.3 is 0 Å². The standard InChI is InChI=1S/C14H15BrO/c1-11-4-6-12(7-5-11)13(10-15)9-14-3-2-8-16-14/h2-8,13H,9-10H2,1H3. The van der Waals surface area contributed by atoms with E-state index < -0.39 is 0 Å². The summed E-state index contributed by atoms with van der Waals surface area (Å²) in [4.78, 5) is 0. The molecule has 1 aromatic carbocycles. The molecule has 0 saturated carbocycles. The van der Waals surface area contributed by atoms with Crippen LogP contribution in [0.1, 0.15) is 22.8 Å². The fourth-order valence-corrected chi connectivity index (χ4v) is 2.37. The summed E-state index contributed by atoms with van der Waals surface area (Å²) in [7, 11) is 0. The van der Waals surface area contributed by atoms with E-state index in [-0.39, 0.29) is 0 Å². The third kappa shape index (κ3) is 2.76. The molecule has 2 rings (SSSR count). The van der Waals surface area contributed by atoms with Gasteiger partial charge in [0, 0.05) is 17.7 Å². The average Bonchev–Trinajstić information content (AvgIpc) is 2.80. The molecule has 0 amide bonds. The summed E-state index contributed by atoms with van der Waals surface area (Å²) in [6, 6.07) is 12.7. The normalized spacial score (nSPS) is 12.6. The molecular weight excluding hydrogens is 264 g/mol. The first-order valence-electron chi connectivity index (χ1n) is 5.44. The molecule has 0 fully saturated rings. The lowest BCUT2D eigenvalue weighted by Gasteiger charge is -2.13. The lowest BCUT2D eigenvalue weighted by molar-refractivity contribution is 0.494. The van der Waals surface area contributed by atoms with Gasteiger partial charge in [-0.1, -0.05) is 45.8 Å². The molecule has 1 unspecified atom stereocenters. The molecule has 0 aliphatic heterocycles. The van der Waals surface area contributed by atoms with Crippen LogP contribution in [0.25, 0.3) is 0 Å². The molecule has 1 atom stereocenters. The molecule has 0 aliphatic carbocycles. The van der Waals surface area contributed by atoms with E-state index in [1.807, 2.05) is 12.1 Å². The monoisotopic (exact) mass is 278 g/mol. The number of aryl methyl sites for hydroxylation is 1. The predicted octanol–water partition coefficient (Wildman–Crippen LogP) is 4.31. The van der Waals surface area contributed by atoms with Crippen molar-refractivity contribution in [2.75, 3.05) is 5.33 Å². The van der Waals surface area contributed by atoms with Crippen molar-refractivity contribution in [1.82, 2.24) is 0 Å². The van der Waals surface area contributed by atoms with Gasteiger partial charge in [-0.2, -0.15) is 0 Å². The number of furan rings is 1. The van der Waals surface area contributed by atoms with Crippen molar-refractivity contribution < 1.29 is 4.42 Å². The molecule has 0 aliphatic rings. The summed E-state index contributed by atoms with van der Waals surface area (Å²) >= 11 is 3.58. The molecule has 0 spiro atoms. The SMILES string of the molecule is Cc1ccc(C(CBr)Cc2ccco2)cc1. The molecule has 16 heavy (non-hydrogen) atoms. The van der Waals surface area contributed by atoms with Crippen molar-refractivity contribution >= 4 is 15.9 Å². The fraction of sp³-hybridized carbons (Fsp3) is 0.286. The maximum absolute atomic E-state index is 5.39. The zero-order chi connectivity index (χ0) is 11.4. The molecule has 0 radical (unpaired) electrons. The first kappa shape index (κ1) is 11.5. The van der Waals surface area contributed by atoms with Gasteiger partial charge in [0.15, 0.2) is 0 Å². The molecule has 84 valence electrons. The van der Waals surface area contributed by atoms with Crippen LogP contribution >= 0.6 is 15.9 Å². The van der Waals surface area contributed by atoms with Gasteiger partial charge in [-0.3, -0.25) is 0 Å². The van der Waals surface area contributed by atoms with Gasteiger partial charge < -0.3 is 4.42 Å². The highest BCUT2D eigenvalue weighted by Gasteiger charge is 2.12. The van der Waals surface area contributed by atoms with Crippen LogP contribution in [-0.2, 0) is 6.42 Å². The minimum Gasteiger partial charge on any atom is -0.469 e. The van der Waals surface area contributed by atoms with Crippen molar-refractivity contribution in [2.45, 2.75) is 19.3 Å². The first-order chi connectivity index (χ1) is 7.79. The number of benzene rings is 1. The van der Waals surface area contributed by atoms with Gasteiger partial charge in [0.05, 0.1) is 6.26 Å². The van der Waals surface area contributed by atoms with Crippen LogP contribution in [0.4, 0.5) is 0 Å². The number of alkyl halides is 1. The van der Waals surface area contributed by atoms with Crippen LogP contribution in [0, 0.1) is 6.92 Å². The van der Waals surface area contributed by atoms with E-state index in [0.717, 1.165) is 17.5 Å². The first-order valence-corrected chi connectivity index (χ1v) is 6.56. The summed E-state index contributed by atoms with van der Waals surface area (Å²) in [5.74, 6) is 1.52. The Kier molecular flexibility index (Phi) is 3.83. The predicted molar refractivity (Wildman–Crippen MR) is 70.1 cm³/mol. The van der Waals surface area contributed by atoms with Gasteiger partial charge in [-0.05, 0) is 24.6 Å². The van der Waals surface area contributed by atoms with E-state index in [9.17, 15) is 0 Å². The molecule has 1 nitrogen and oxygen atoms in total. The van der Waals surface area contributed by atoms with Gasteiger partial charge in [0.1, 0.15) is 5.76 Å². The molecule has 0 bridgehead atoms. The minimum atomic E-state index is 0.478.